The molecule has 0 fully saturated rings. The summed E-state index contributed by atoms with van der Waals surface area (Å²) in [4.78, 5) is 7.41. The van der Waals surface area contributed by atoms with E-state index in [2.05, 4.69) is 9.97 Å². The van der Waals surface area contributed by atoms with Crippen LogP contribution in [0.4, 0.5) is 35.1 Å². The molecule has 204 valence electrons. The fraction of sp³-hybridized carbons (Fsp3) is 0. The topological polar surface area (TPSA) is 71.9 Å². The van der Waals surface area contributed by atoms with Crippen LogP contribution < -0.4 is 10.2 Å². The number of halogens is 8. The van der Waals surface area contributed by atoms with Gasteiger partial charge in [-0.25, -0.2) is 45.1 Å². The molecule has 0 saturated carbocycles. The molecule has 0 bridgehead atoms. The van der Waals surface area contributed by atoms with Crippen LogP contribution in [0.1, 0.15) is 0 Å². The largest absolute Gasteiger partial charge is 2.00 e. The van der Waals surface area contributed by atoms with E-state index >= 15 is 0 Å². The normalized spacial score (nSPS) is 10.9. The molecule has 6 aromatic rings. The van der Waals surface area contributed by atoms with Crippen LogP contribution in [0.5, 0.6) is 11.5 Å². The second kappa shape index (κ2) is 11.7. The van der Waals surface area contributed by atoms with Gasteiger partial charge in [-0.05, 0) is 0 Å². The van der Waals surface area contributed by atoms with Gasteiger partial charge in [0, 0.05) is 11.1 Å². The van der Waals surface area contributed by atoms with Crippen LogP contribution in [0.3, 0.4) is 0 Å². The monoisotopic (exact) mass is 660 g/mol. The van der Waals surface area contributed by atoms with Gasteiger partial charge in [0.05, 0.1) is 9.40 Å². The maximum atomic E-state index is 13.6. The number of benzene rings is 4. The first-order valence-electron chi connectivity index (χ1n) is 10.8. The molecule has 15 heteroatoms. The summed E-state index contributed by atoms with van der Waals surface area (Å²) < 4.78 is 106. The molecule has 0 saturated heterocycles. The van der Waals surface area contributed by atoms with Crippen LogP contribution in [-0.2, 0) is 19.5 Å². The molecular weight excluding hydrogens is 654 g/mol. The third-order valence-corrected chi connectivity index (χ3v) is 7.62. The standard InChI is InChI=1S/2C13H5F4NOS.Zn/c2*14-7-8(15)10(17)12-11(9(7)16)18-13(20-12)5-3-1-2-4-6(5)19;/h2*1-4,19H;/q;;+2/p-2. The first kappa shape index (κ1) is 30.3. The van der Waals surface area contributed by atoms with Gasteiger partial charge in [0.15, 0.2) is 46.5 Å². The van der Waals surface area contributed by atoms with E-state index in [9.17, 15) is 45.3 Å². The van der Waals surface area contributed by atoms with E-state index in [1.54, 1.807) is 12.1 Å². The average Bonchev–Trinajstić information content (AvgIpc) is 3.60. The number of fused-ring (bicyclic) bond motifs is 2. The van der Waals surface area contributed by atoms with E-state index < -0.39 is 78.5 Å². The number of nitrogens with zero attached hydrogens (tertiary/aromatic N) is 2. The van der Waals surface area contributed by atoms with Crippen molar-refractivity contribution in [2.24, 2.45) is 0 Å². The van der Waals surface area contributed by atoms with Crippen LogP contribution in [-0.4, -0.2) is 9.97 Å². The molecule has 0 aliphatic heterocycles. The van der Waals surface area contributed by atoms with Gasteiger partial charge in [0.2, 0.25) is 0 Å². The second-order valence-corrected chi connectivity index (χ2v) is 9.90. The predicted molar refractivity (Wildman–Crippen MR) is 129 cm³/mol. The van der Waals surface area contributed by atoms with E-state index in [0.717, 1.165) is 0 Å². The SMILES string of the molecule is [O-]c1ccccc1-c1nc2c(F)c(F)c(F)c(F)c2s1.[O-]c1ccccc1-c1nc2c(F)c(F)c(F)c(F)c2s1.[Zn+2]. The Morgan fingerprint density at radius 1 is 0.463 bits per heavy atom. The third-order valence-electron chi connectivity index (χ3n) is 5.46. The van der Waals surface area contributed by atoms with Crippen LogP contribution in [0.2, 0.25) is 0 Å². The molecule has 4 nitrogen and oxygen atoms in total. The summed E-state index contributed by atoms with van der Waals surface area (Å²) in [5, 5.41) is 23.3. The molecule has 4 aromatic carbocycles. The minimum absolute atomic E-state index is 0. The first-order chi connectivity index (χ1) is 19.0. The molecule has 0 radical (unpaired) electrons. The number of hydrogen-bond acceptors (Lipinski definition) is 6. The molecule has 2 heterocycles. The maximum absolute atomic E-state index is 13.6. The number of para-hydroxylation sites is 2. The zero-order valence-electron chi connectivity index (χ0n) is 19.9. The molecule has 0 atom stereocenters. The van der Waals surface area contributed by atoms with Crippen LogP contribution >= 0.6 is 22.7 Å². The average molecular weight is 662 g/mol. The van der Waals surface area contributed by atoms with Crippen molar-refractivity contribution in [3.05, 3.63) is 95.1 Å². The minimum Gasteiger partial charge on any atom is -0.872 e. The van der Waals surface area contributed by atoms with E-state index in [4.69, 9.17) is 0 Å². The van der Waals surface area contributed by atoms with Gasteiger partial charge in [0.1, 0.15) is 21.0 Å². The van der Waals surface area contributed by atoms with Gasteiger partial charge in [0.25, 0.3) is 0 Å². The summed E-state index contributed by atoms with van der Waals surface area (Å²) in [6.07, 6.45) is 0. The Morgan fingerprint density at radius 3 is 1.12 bits per heavy atom. The number of hydrogen-bond donors (Lipinski definition) is 0. The molecule has 0 aliphatic rings. The van der Waals surface area contributed by atoms with Gasteiger partial charge in [-0.2, -0.15) is 0 Å². The number of rotatable bonds is 2. The van der Waals surface area contributed by atoms with Gasteiger partial charge >= 0.3 is 19.5 Å². The van der Waals surface area contributed by atoms with Crippen LogP contribution in [0.15, 0.2) is 48.5 Å². The molecule has 0 N–H and O–H groups in total. The van der Waals surface area contributed by atoms with E-state index in [1.807, 2.05) is 0 Å². The van der Waals surface area contributed by atoms with Gasteiger partial charge in [-0.3, -0.25) is 0 Å². The van der Waals surface area contributed by atoms with Crippen molar-refractivity contribution >= 4 is 43.1 Å². The van der Waals surface area contributed by atoms with Crippen molar-refractivity contribution in [2.45, 2.75) is 0 Å². The first-order valence-corrected chi connectivity index (χ1v) is 12.4. The Morgan fingerprint density at radius 2 is 0.780 bits per heavy atom. The fourth-order valence-electron chi connectivity index (χ4n) is 3.55. The summed E-state index contributed by atoms with van der Waals surface area (Å²) in [5.74, 6) is -14.5. The predicted octanol–water partition coefficient (Wildman–Crippen LogP) is 7.18. The quantitative estimate of drug-likeness (QED) is 0.0853. The van der Waals surface area contributed by atoms with Crippen molar-refractivity contribution in [1.29, 1.82) is 0 Å². The zero-order valence-corrected chi connectivity index (χ0v) is 24.5. The Kier molecular flexibility index (Phi) is 8.62. The summed E-state index contributed by atoms with van der Waals surface area (Å²) >= 11 is 1.19. The van der Waals surface area contributed by atoms with Gasteiger partial charge < -0.3 is 10.2 Å². The van der Waals surface area contributed by atoms with Gasteiger partial charge in [-0.15, -0.1) is 22.7 Å². The summed E-state index contributed by atoms with van der Waals surface area (Å²) in [6.45, 7) is 0. The Bertz CT molecular complexity index is 1720. The molecular formula is C26H8F8N2O2S2Zn. The second-order valence-electron chi connectivity index (χ2n) is 7.90. The minimum atomic E-state index is -1.91. The Hall–Kier alpha value is -3.68. The molecule has 2 aromatic heterocycles. The Balaban J connectivity index is 0.000000184. The Labute approximate surface area is 244 Å². The zero-order chi connectivity index (χ0) is 28.9. The van der Waals surface area contributed by atoms with E-state index in [-0.39, 0.29) is 40.6 Å². The van der Waals surface area contributed by atoms with Gasteiger partial charge in [-0.1, -0.05) is 60.0 Å². The molecule has 41 heavy (non-hydrogen) atoms. The van der Waals surface area contributed by atoms with Crippen LogP contribution in [0.25, 0.3) is 41.6 Å². The van der Waals surface area contributed by atoms with Crippen molar-refractivity contribution in [1.82, 2.24) is 9.97 Å². The van der Waals surface area contributed by atoms with Crippen molar-refractivity contribution in [2.75, 3.05) is 0 Å². The van der Waals surface area contributed by atoms with Crippen LogP contribution in [0, 0.1) is 46.5 Å². The molecule has 6 rings (SSSR count). The number of thiazole rings is 2. The van der Waals surface area contributed by atoms with Crippen molar-refractivity contribution in [3.63, 3.8) is 0 Å². The van der Waals surface area contributed by atoms with E-state index in [0.29, 0.717) is 22.7 Å². The van der Waals surface area contributed by atoms with E-state index in [1.165, 1.54) is 36.4 Å². The van der Waals surface area contributed by atoms with Crippen molar-refractivity contribution < 1.29 is 64.8 Å². The third kappa shape index (κ3) is 5.25. The fourth-order valence-corrected chi connectivity index (χ4v) is 5.59. The summed E-state index contributed by atoms with van der Waals surface area (Å²) in [6, 6.07) is 11.5. The van der Waals surface area contributed by atoms with Crippen molar-refractivity contribution in [3.8, 4) is 32.6 Å². The summed E-state index contributed by atoms with van der Waals surface area (Å²) in [5.41, 5.74) is -1.00. The number of aromatic nitrogens is 2. The molecule has 0 unspecified atom stereocenters. The maximum Gasteiger partial charge on any atom is 2.00 e. The molecule has 0 aliphatic carbocycles. The summed E-state index contributed by atoms with van der Waals surface area (Å²) in [7, 11) is 0. The smallest absolute Gasteiger partial charge is 0.872 e. The molecule has 0 amide bonds. The molecule has 0 spiro atoms.